The monoisotopic (exact) mass is 494 g/mol. The number of benzene rings is 1. The molecular weight excluding hydrogens is 468 g/mol. The van der Waals surface area contributed by atoms with Gasteiger partial charge in [-0.15, -0.1) is 0 Å². The van der Waals surface area contributed by atoms with Crippen LogP contribution in [0.1, 0.15) is 23.6 Å². The van der Waals surface area contributed by atoms with Crippen molar-refractivity contribution in [1.29, 1.82) is 0 Å². The summed E-state index contributed by atoms with van der Waals surface area (Å²) in [7, 11) is -7.80. The highest BCUT2D eigenvalue weighted by molar-refractivity contribution is 7.94. The summed E-state index contributed by atoms with van der Waals surface area (Å²) in [6, 6.07) is 7.65. The van der Waals surface area contributed by atoms with Gasteiger partial charge in [0.05, 0.1) is 35.6 Å². The molecule has 178 valence electrons. The fourth-order valence-corrected chi connectivity index (χ4v) is 6.81. The summed E-state index contributed by atoms with van der Waals surface area (Å²) in [5, 5.41) is 0. The van der Waals surface area contributed by atoms with Gasteiger partial charge in [0.25, 0.3) is 0 Å². The van der Waals surface area contributed by atoms with Gasteiger partial charge in [0.1, 0.15) is 0 Å². The molecule has 1 N–H and O–H groups in total. The molecule has 12 heteroatoms. The van der Waals surface area contributed by atoms with Crippen LogP contribution in [-0.4, -0.2) is 71.2 Å². The molecule has 2 saturated heterocycles. The Morgan fingerprint density at radius 1 is 1.21 bits per heavy atom. The van der Waals surface area contributed by atoms with Crippen LogP contribution in [0.5, 0.6) is 0 Å². The van der Waals surface area contributed by atoms with E-state index in [9.17, 15) is 21.6 Å². The van der Waals surface area contributed by atoms with Crippen LogP contribution in [-0.2, 0) is 29.6 Å². The predicted molar refractivity (Wildman–Crippen MR) is 122 cm³/mol. The number of rotatable bonds is 7. The summed E-state index contributed by atoms with van der Waals surface area (Å²) in [6.45, 7) is 4.15. The van der Waals surface area contributed by atoms with Gasteiger partial charge in [-0.3, -0.25) is 14.7 Å². The second-order valence-electron chi connectivity index (χ2n) is 7.98. The van der Waals surface area contributed by atoms with E-state index in [2.05, 4.69) is 14.6 Å². The van der Waals surface area contributed by atoms with Crippen molar-refractivity contribution in [2.45, 2.75) is 24.3 Å². The van der Waals surface area contributed by atoms with Gasteiger partial charge in [-0.05, 0) is 36.2 Å². The van der Waals surface area contributed by atoms with Gasteiger partial charge in [-0.1, -0.05) is 12.1 Å². The highest BCUT2D eigenvalue weighted by atomic mass is 32.2. The third-order valence-electron chi connectivity index (χ3n) is 5.80. The van der Waals surface area contributed by atoms with Crippen LogP contribution in [0.25, 0.3) is 0 Å². The average Bonchev–Trinajstić information content (AvgIpc) is 3.08. The molecule has 1 atom stereocenters. The molecule has 2 fully saturated rings. The summed E-state index contributed by atoms with van der Waals surface area (Å²) in [4.78, 5) is 18.4. The van der Waals surface area contributed by atoms with Crippen molar-refractivity contribution >= 4 is 31.6 Å². The molecule has 4 rings (SSSR count). The number of hydrogen-bond acceptors (Lipinski definition) is 8. The number of nitrogens with zero attached hydrogens (tertiary/aromatic N) is 3. The largest absolute Gasteiger partial charge is 0.379 e. The van der Waals surface area contributed by atoms with Gasteiger partial charge in [0.2, 0.25) is 26.0 Å². The molecule has 0 bridgehead atoms. The highest BCUT2D eigenvalue weighted by Crippen LogP contribution is 2.29. The third-order valence-corrected chi connectivity index (χ3v) is 9.05. The first kappa shape index (κ1) is 23.8. The predicted octanol–water partition coefficient (Wildman–Crippen LogP) is 0.808. The Labute approximate surface area is 193 Å². The van der Waals surface area contributed by atoms with Gasteiger partial charge in [-0.2, -0.15) is 0 Å². The Morgan fingerprint density at radius 2 is 1.97 bits per heavy atom. The average molecular weight is 495 g/mol. The maximum Gasteiger partial charge on any atom is 0.242 e. The summed E-state index contributed by atoms with van der Waals surface area (Å²) in [5.41, 5.74) is 1.35. The molecule has 10 nitrogen and oxygen atoms in total. The Morgan fingerprint density at radius 3 is 2.61 bits per heavy atom. The van der Waals surface area contributed by atoms with Crippen molar-refractivity contribution in [3.63, 3.8) is 0 Å². The Bertz CT molecular complexity index is 1230. The second-order valence-corrected chi connectivity index (χ2v) is 11.6. The van der Waals surface area contributed by atoms with Crippen molar-refractivity contribution < 1.29 is 26.4 Å². The number of carbonyl (C=O) groups excluding carboxylic acids is 1. The third kappa shape index (κ3) is 5.09. The Kier molecular flexibility index (Phi) is 6.82. The van der Waals surface area contributed by atoms with E-state index in [0.29, 0.717) is 36.2 Å². The van der Waals surface area contributed by atoms with Gasteiger partial charge >= 0.3 is 0 Å². The van der Waals surface area contributed by atoms with Crippen molar-refractivity contribution in [2.75, 3.05) is 42.9 Å². The molecule has 0 unspecified atom stereocenters. The van der Waals surface area contributed by atoms with Crippen LogP contribution < -0.4 is 9.03 Å². The molecule has 1 amide bonds. The van der Waals surface area contributed by atoms with E-state index in [-0.39, 0.29) is 35.3 Å². The zero-order chi connectivity index (χ0) is 23.6. The molecule has 0 aliphatic carbocycles. The number of aryl methyl sites for hydroxylation is 1. The molecule has 0 spiro atoms. The summed E-state index contributed by atoms with van der Waals surface area (Å²) in [5.74, 6) is -0.856. The van der Waals surface area contributed by atoms with E-state index in [1.54, 1.807) is 25.4 Å². The maximum atomic E-state index is 13.3. The molecule has 2 aromatic rings. The van der Waals surface area contributed by atoms with Gasteiger partial charge in [0.15, 0.2) is 0 Å². The lowest BCUT2D eigenvalue weighted by atomic mass is 10.1. The molecule has 0 saturated carbocycles. The summed E-state index contributed by atoms with van der Waals surface area (Å²) >= 11 is 0. The molecule has 1 aromatic carbocycles. The van der Waals surface area contributed by atoms with Crippen LogP contribution in [0, 0.1) is 6.92 Å². The number of ether oxygens (including phenoxy) is 1. The number of amides is 1. The molecule has 3 heterocycles. The van der Waals surface area contributed by atoms with Crippen LogP contribution in [0.3, 0.4) is 0 Å². The minimum Gasteiger partial charge on any atom is -0.379 e. The van der Waals surface area contributed by atoms with Gasteiger partial charge in [-0.25, -0.2) is 25.9 Å². The number of hydrogen-bond donors (Lipinski definition) is 1. The lowest BCUT2D eigenvalue weighted by Crippen LogP contribution is -2.43. The first-order chi connectivity index (χ1) is 15.7. The summed E-state index contributed by atoms with van der Waals surface area (Å²) < 4.78 is 59.9. The minimum atomic E-state index is -4.00. The van der Waals surface area contributed by atoms with Crippen LogP contribution in [0.2, 0.25) is 0 Å². The number of aromatic nitrogens is 1. The lowest BCUT2D eigenvalue weighted by molar-refractivity contribution is -0.116. The molecule has 2 aliphatic heterocycles. The van der Waals surface area contributed by atoms with Crippen molar-refractivity contribution in [2.24, 2.45) is 0 Å². The van der Waals surface area contributed by atoms with Crippen molar-refractivity contribution in [3.05, 3.63) is 53.9 Å². The van der Waals surface area contributed by atoms with E-state index in [1.165, 1.54) is 18.2 Å². The molecular formula is C21H26N4O6S2. The Hall–Kier alpha value is -2.38. The first-order valence-electron chi connectivity index (χ1n) is 10.6. The lowest BCUT2D eigenvalue weighted by Gasteiger charge is -2.34. The normalized spacial score (nSPS) is 20.2. The smallest absolute Gasteiger partial charge is 0.242 e. The van der Waals surface area contributed by atoms with Gasteiger partial charge < -0.3 is 4.74 Å². The van der Waals surface area contributed by atoms with E-state index in [4.69, 9.17) is 4.74 Å². The highest BCUT2D eigenvalue weighted by Gasteiger charge is 2.37. The van der Waals surface area contributed by atoms with Crippen LogP contribution in [0.4, 0.5) is 5.69 Å². The number of carbonyl (C=O) groups is 1. The molecule has 0 radical (unpaired) electrons. The molecule has 1 aromatic heterocycles. The maximum absolute atomic E-state index is 13.3. The standard InChI is InChI=1S/C21H26N4O6S2/c1-16-4-5-18(25-21(26)6-12-32(25,27)28)13-20(16)33(29,30)23-15-19(17-3-2-7-22-14-17)24-8-10-31-11-9-24/h2-5,7,13-14,19,23H,6,8-12,15H2,1H3/t19-/m1/s1. The number of anilines is 1. The van der Waals surface area contributed by atoms with Crippen molar-refractivity contribution in [1.82, 2.24) is 14.6 Å². The zero-order valence-corrected chi connectivity index (χ0v) is 19.8. The number of pyridine rings is 1. The number of morpholine rings is 1. The van der Waals surface area contributed by atoms with E-state index >= 15 is 0 Å². The quantitative estimate of drug-likeness (QED) is 0.599. The topological polar surface area (TPSA) is 126 Å². The SMILES string of the molecule is Cc1ccc(N2C(=O)CCS2(=O)=O)cc1S(=O)(=O)NC[C@H](c1cccnc1)N1CCOCC1. The first-order valence-corrected chi connectivity index (χ1v) is 13.7. The molecule has 2 aliphatic rings. The summed E-state index contributed by atoms with van der Waals surface area (Å²) in [6.07, 6.45) is 3.25. The van der Waals surface area contributed by atoms with Crippen molar-refractivity contribution in [3.8, 4) is 0 Å². The Balaban J connectivity index is 1.61. The fourth-order valence-electron chi connectivity index (χ4n) is 4.06. The van der Waals surface area contributed by atoms with Crippen LogP contribution >= 0.6 is 0 Å². The van der Waals surface area contributed by atoms with E-state index in [1.807, 2.05) is 6.07 Å². The fraction of sp³-hybridized carbons (Fsp3) is 0.429. The van der Waals surface area contributed by atoms with Gasteiger partial charge in [0, 0.05) is 38.4 Å². The van der Waals surface area contributed by atoms with E-state index in [0.717, 1.165) is 5.56 Å². The zero-order valence-electron chi connectivity index (χ0n) is 18.2. The number of sulfonamides is 2. The number of nitrogens with one attached hydrogen (secondary N) is 1. The second kappa shape index (κ2) is 9.47. The van der Waals surface area contributed by atoms with E-state index < -0.39 is 26.0 Å². The molecule has 33 heavy (non-hydrogen) atoms. The van der Waals surface area contributed by atoms with Crippen LogP contribution in [0.15, 0.2) is 47.6 Å². The minimum absolute atomic E-state index is 0.0282.